The third-order valence-corrected chi connectivity index (χ3v) is 3.27. The monoisotopic (exact) mass is 185 g/mol. The van der Waals surface area contributed by atoms with Crippen LogP contribution in [0, 0.1) is 17.3 Å². The van der Waals surface area contributed by atoms with E-state index in [-0.39, 0.29) is 11.3 Å². The highest BCUT2D eigenvalue weighted by Gasteiger charge is 2.40. The Hall–Kier alpha value is -0.530. The summed E-state index contributed by atoms with van der Waals surface area (Å²) in [6.07, 6.45) is 0. The van der Waals surface area contributed by atoms with Gasteiger partial charge < -0.3 is 4.90 Å². The fraction of sp³-hybridized carbons (Fsp3) is 0.909. The Morgan fingerprint density at radius 2 is 1.38 bits per heavy atom. The Bertz CT molecular complexity index is 175. The number of rotatable bonds is 3. The minimum absolute atomic E-state index is 0.233. The summed E-state index contributed by atoms with van der Waals surface area (Å²) in [7, 11) is 3.65. The van der Waals surface area contributed by atoms with Crippen LogP contribution in [0.25, 0.3) is 0 Å². The molecule has 0 heterocycles. The molecular weight excluding hydrogens is 162 g/mol. The van der Waals surface area contributed by atoms with E-state index in [4.69, 9.17) is 0 Å². The molecule has 0 aliphatic carbocycles. The maximum absolute atomic E-state index is 12.0. The Morgan fingerprint density at radius 3 is 1.46 bits per heavy atom. The third-order valence-electron chi connectivity index (χ3n) is 3.27. The van der Waals surface area contributed by atoms with E-state index in [9.17, 15) is 4.79 Å². The smallest absolute Gasteiger partial charge is 0.228 e. The van der Waals surface area contributed by atoms with Gasteiger partial charge in [0.2, 0.25) is 5.91 Å². The molecule has 0 aromatic heterocycles. The second-order valence-electron chi connectivity index (χ2n) is 4.79. The van der Waals surface area contributed by atoms with Crippen molar-refractivity contribution in [2.75, 3.05) is 14.1 Å². The highest BCUT2D eigenvalue weighted by molar-refractivity contribution is 5.82. The fourth-order valence-electron chi connectivity index (χ4n) is 1.64. The summed E-state index contributed by atoms with van der Waals surface area (Å²) in [6.45, 7) is 10.5. The van der Waals surface area contributed by atoms with E-state index in [2.05, 4.69) is 34.6 Å². The summed E-state index contributed by atoms with van der Waals surface area (Å²) in [6, 6.07) is 0. The number of carbonyl (C=O) groups excluding carboxylic acids is 1. The molecule has 0 spiro atoms. The van der Waals surface area contributed by atoms with Crippen LogP contribution in [0.5, 0.6) is 0 Å². The second kappa shape index (κ2) is 4.12. The Kier molecular flexibility index (Phi) is 3.95. The topological polar surface area (TPSA) is 20.3 Å². The summed E-state index contributed by atoms with van der Waals surface area (Å²) in [4.78, 5) is 13.7. The molecule has 78 valence electrons. The average Bonchev–Trinajstić information content (AvgIpc) is 2.00. The van der Waals surface area contributed by atoms with E-state index in [0.717, 1.165) is 0 Å². The SMILES string of the molecule is CC(C)C(C)(C(=O)N(C)C)C(C)C. The first-order valence-corrected chi connectivity index (χ1v) is 4.96. The van der Waals surface area contributed by atoms with Crippen LogP contribution in [0.2, 0.25) is 0 Å². The zero-order chi connectivity index (χ0) is 10.8. The van der Waals surface area contributed by atoms with Crippen LogP contribution < -0.4 is 0 Å². The molecule has 0 saturated carbocycles. The van der Waals surface area contributed by atoms with Crippen LogP contribution in [-0.4, -0.2) is 24.9 Å². The number of carbonyl (C=O) groups is 1. The average molecular weight is 185 g/mol. The van der Waals surface area contributed by atoms with Gasteiger partial charge in [0.25, 0.3) is 0 Å². The maximum atomic E-state index is 12.0. The van der Waals surface area contributed by atoms with Crippen LogP contribution >= 0.6 is 0 Å². The summed E-state index contributed by atoms with van der Waals surface area (Å²) in [5.41, 5.74) is -0.233. The summed E-state index contributed by atoms with van der Waals surface area (Å²) < 4.78 is 0. The van der Waals surface area contributed by atoms with Crippen molar-refractivity contribution >= 4 is 5.91 Å². The molecule has 0 bridgehead atoms. The molecule has 1 amide bonds. The minimum Gasteiger partial charge on any atom is -0.348 e. The van der Waals surface area contributed by atoms with E-state index >= 15 is 0 Å². The van der Waals surface area contributed by atoms with Gasteiger partial charge in [0, 0.05) is 14.1 Å². The van der Waals surface area contributed by atoms with E-state index in [1.54, 1.807) is 4.90 Å². The third kappa shape index (κ3) is 2.23. The quantitative estimate of drug-likeness (QED) is 0.661. The lowest BCUT2D eigenvalue weighted by Crippen LogP contribution is -2.45. The van der Waals surface area contributed by atoms with Crippen LogP contribution in [0.15, 0.2) is 0 Å². The van der Waals surface area contributed by atoms with Crippen LogP contribution in [-0.2, 0) is 4.79 Å². The molecule has 0 N–H and O–H groups in total. The molecule has 0 fully saturated rings. The second-order valence-corrected chi connectivity index (χ2v) is 4.79. The number of hydrogen-bond acceptors (Lipinski definition) is 1. The molecule has 0 saturated heterocycles. The molecule has 0 aliphatic heterocycles. The molecule has 0 unspecified atom stereocenters. The molecule has 0 radical (unpaired) electrons. The molecule has 0 aromatic carbocycles. The van der Waals surface area contributed by atoms with E-state index in [0.29, 0.717) is 11.8 Å². The first-order chi connectivity index (χ1) is 5.74. The van der Waals surface area contributed by atoms with Crippen molar-refractivity contribution in [1.29, 1.82) is 0 Å². The highest BCUT2D eigenvalue weighted by atomic mass is 16.2. The van der Waals surface area contributed by atoms with Crippen molar-refractivity contribution in [2.45, 2.75) is 34.6 Å². The largest absolute Gasteiger partial charge is 0.348 e. The Morgan fingerprint density at radius 1 is 1.08 bits per heavy atom. The zero-order valence-electron chi connectivity index (χ0n) is 10.0. The summed E-state index contributed by atoms with van der Waals surface area (Å²) >= 11 is 0. The van der Waals surface area contributed by atoms with Gasteiger partial charge in [-0.05, 0) is 11.8 Å². The zero-order valence-corrected chi connectivity index (χ0v) is 10.0. The van der Waals surface area contributed by atoms with E-state index < -0.39 is 0 Å². The number of hydrogen-bond donors (Lipinski definition) is 0. The standard InChI is InChI=1S/C11H23NO/c1-8(2)11(5,9(3)4)10(13)12(6)7/h8-9H,1-7H3. The predicted octanol–water partition coefficient (Wildman–Crippen LogP) is 2.39. The van der Waals surface area contributed by atoms with Crippen LogP contribution in [0.1, 0.15) is 34.6 Å². The van der Waals surface area contributed by atoms with Gasteiger partial charge in [-0.2, -0.15) is 0 Å². The minimum atomic E-state index is -0.233. The van der Waals surface area contributed by atoms with Crippen molar-refractivity contribution < 1.29 is 4.79 Å². The van der Waals surface area contributed by atoms with Crippen LogP contribution in [0.4, 0.5) is 0 Å². The van der Waals surface area contributed by atoms with Gasteiger partial charge in [0.05, 0.1) is 5.41 Å². The van der Waals surface area contributed by atoms with Gasteiger partial charge in [-0.3, -0.25) is 4.79 Å². The first kappa shape index (κ1) is 12.5. The molecule has 2 heteroatoms. The lowest BCUT2D eigenvalue weighted by Gasteiger charge is -2.38. The normalized spacial score (nSPS) is 12.4. The van der Waals surface area contributed by atoms with Crippen LogP contribution in [0.3, 0.4) is 0 Å². The van der Waals surface area contributed by atoms with Crippen molar-refractivity contribution in [3.05, 3.63) is 0 Å². The molecular formula is C11H23NO. The van der Waals surface area contributed by atoms with Crippen molar-refractivity contribution in [3.8, 4) is 0 Å². The van der Waals surface area contributed by atoms with Gasteiger partial charge in [-0.25, -0.2) is 0 Å². The molecule has 2 nitrogen and oxygen atoms in total. The molecule has 0 atom stereocenters. The van der Waals surface area contributed by atoms with E-state index in [1.165, 1.54) is 0 Å². The van der Waals surface area contributed by atoms with Gasteiger partial charge in [-0.15, -0.1) is 0 Å². The first-order valence-electron chi connectivity index (χ1n) is 4.96. The van der Waals surface area contributed by atoms with Gasteiger partial charge in [-0.1, -0.05) is 34.6 Å². The predicted molar refractivity (Wildman–Crippen MR) is 56.5 cm³/mol. The lowest BCUT2D eigenvalue weighted by atomic mass is 9.69. The molecule has 13 heavy (non-hydrogen) atoms. The lowest BCUT2D eigenvalue weighted by molar-refractivity contribution is -0.144. The Labute approximate surface area is 82.3 Å². The van der Waals surface area contributed by atoms with Gasteiger partial charge in [0.15, 0.2) is 0 Å². The molecule has 0 aliphatic rings. The molecule has 0 rings (SSSR count). The maximum Gasteiger partial charge on any atom is 0.228 e. The Balaban J connectivity index is 4.91. The van der Waals surface area contributed by atoms with Crippen molar-refractivity contribution in [2.24, 2.45) is 17.3 Å². The highest BCUT2D eigenvalue weighted by Crippen LogP contribution is 2.36. The van der Waals surface area contributed by atoms with Crippen molar-refractivity contribution in [3.63, 3.8) is 0 Å². The summed E-state index contributed by atoms with van der Waals surface area (Å²) in [5, 5.41) is 0. The van der Waals surface area contributed by atoms with Gasteiger partial charge in [0.1, 0.15) is 0 Å². The van der Waals surface area contributed by atoms with Gasteiger partial charge >= 0.3 is 0 Å². The number of nitrogens with zero attached hydrogens (tertiary/aromatic N) is 1. The fourth-order valence-corrected chi connectivity index (χ4v) is 1.64. The van der Waals surface area contributed by atoms with Crippen molar-refractivity contribution in [1.82, 2.24) is 4.90 Å². The van der Waals surface area contributed by atoms with E-state index in [1.807, 2.05) is 14.1 Å². The summed E-state index contributed by atoms with van der Waals surface area (Å²) in [5.74, 6) is 0.988. The molecule has 0 aromatic rings. The number of amides is 1.